The number of rotatable bonds is 6. The summed E-state index contributed by atoms with van der Waals surface area (Å²) in [4.78, 5) is 38.2. The van der Waals surface area contributed by atoms with E-state index < -0.39 is 12.1 Å². The molecule has 2 fully saturated rings. The molecular weight excluding hydrogens is 356 g/mol. The molecule has 1 aromatic rings. The summed E-state index contributed by atoms with van der Waals surface area (Å²) < 4.78 is 0. The molecule has 0 radical (unpaired) electrons. The number of likely N-dealkylation sites (tertiary alicyclic amines) is 1. The van der Waals surface area contributed by atoms with Crippen molar-refractivity contribution in [2.24, 2.45) is 5.92 Å². The van der Waals surface area contributed by atoms with Gasteiger partial charge in [0.05, 0.1) is 6.04 Å². The molecule has 1 aliphatic heterocycles. The molecule has 28 heavy (non-hydrogen) atoms. The number of carbonyl (C=O) groups excluding carboxylic acids is 2. The molecule has 3 rings (SSSR count). The van der Waals surface area contributed by atoms with Crippen LogP contribution in [0.25, 0.3) is 0 Å². The van der Waals surface area contributed by atoms with E-state index in [1.54, 1.807) is 6.92 Å². The van der Waals surface area contributed by atoms with Gasteiger partial charge in [-0.15, -0.1) is 0 Å². The molecule has 6 heteroatoms. The zero-order valence-electron chi connectivity index (χ0n) is 16.5. The van der Waals surface area contributed by atoms with Crippen molar-refractivity contribution in [3.05, 3.63) is 35.9 Å². The topological polar surface area (TPSA) is 77.9 Å². The lowest BCUT2D eigenvalue weighted by atomic mass is 9.81. The largest absolute Gasteiger partial charge is 0.465 e. The minimum Gasteiger partial charge on any atom is -0.465 e. The van der Waals surface area contributed by atoms with E-state index in [4.69, 9.17) is 0 Å². The Morgan fingerprint density at radius 3 is 2.36 bits per heavy atom. The zero-order valence-corrected chi connectivity index (χ0v) is 16.5. The number of carbonyl (C=O) groups is 3. The van der Waals surface area contributed by atoms with Gasteiger partial charge in [-0.2, -0.15) is 0 Å². The van der Waals surface area contributed by atoms with Gasteiger partial charge >= 0.3 is 6.09 Å². The Bertz CT molecular complexity index is 685. The molecule has 1 saturated heterocycles. The fourth-order valence-corrected chi connectivity index (χ4v) is 4.93. The zero-order chi connectivity index (χ0) is 20.1. The Balaban J connectivity index is 1.55. The Hall–Kier alpha value is -2.37. The van der Waals surface area contributed by atoms with Crippen LogP contribution >= 0.6 is 0 Å². The van der Waals surface area contributed by atoms with Gasteiger partial charge in [-0.1, -0.05) is 30.3 Å². The summed E-state index contributed by atoms with van der Waals surface area (Å²) in [5.74, 6) is 0.563. The molecule has 1 aromatic carbocycles. The molecule has 1 aliphatic carbocycles. The predicted octanol–water partition coefficient (Wildman–Crippen LogP) is 3.69. The minimum atomic E-state index is -0.987. The first-order valence-electron chi connectivity index (χ1n) is 10.3. The van der Waals surface area contributed by atoms with Crippen molar-refractivity contribution in [3.63, 3.8) is 0 Å². The molecule has 1 N–H and O–H groups in total. The molecule has 152 valence electrons. The Labute approximate surface area is 166 Å². The average Bonchev–Trinajstić information content (AvgIpc) is 3.10. The first kappa shape index (κ1) is 20.4. The van der Waals surface area contributed by atoms with Crippen molar-refractivity contribution in [2.75, 3.05) is 0 Å². The van der Waals surface area contributed by atoms with E-state index in [0.29, 0.717) is 18.9 Å². The first-order valence-corrected chi connectivity index (χ1v) is 10.3. The Morgan fingerprint density at radius 2 is 1.79 bits per heavy atom. The minimum absolute atomic E-state index is 0.0533. The number of hydrogen-bond donors (Lipinski definition) is 1. The summed E-state index contributed by atoms with van der Waals surface area (Å²) in [5.41, 5.74) is 1.14. The van der Waals surface area contributed by atoms with Gasteiger partial charge in [0.15, 0.2) is 0 Å². The van der Waals surface area contributed by atoms with Gasteiger partial charge in [-0.25, -0.2) is 4.79 Å². The van der Waals surface area contributed by atoms with E-state index in [2.05, 4.69) is 0 Å². The lowest BCUT2D eigenvalue weighted by Gasteiger charge is -2.38. The van der Waals surface area contributed by atoms with Crippen molar-refractivity contribution in [1.29, 1.82) is 0 Å². The fourth-order valence-electron chi connectivity index (χ4n) is 4.93. The third-order valence-electron chi connectivity index (χ3n) is 6.39. The molecule has 2 aliphatic rings. The summed E-state index contributed by atoms with van der Waals surface area (Å²) >= 11 is 0. The SMILES string of the molecule is CC(=O)N(Cc1ccccc1)C1CCC(C[C@@H]2CC[C@H](C=O)N2C(=O)O)CC1. The Kier molecular flexibility index (Phi) is 6.70. The monoisotopic (exact) mass is 386 g/mol. The fraction of sp³-hybridized carbons (Fsp3) is 0.591. The molecule has 2 atom stereocenters. The number of amides is 2. The van der Waals surface area contributed by atoms with Crippen LogP contribution in [0.15, 0.2) is 30.3 Å². The van der Waals surface area contributed by atoms with Gasteiger partial charge in [0, 0.05) is 25.6 Å². The molecule has 1 heterocycles. The normalized spacial score (nSPS) is 27.4. The van der Waals surface area contributed by atoms with Crippen LogP contribution in [0.2, 0.25) is 0 Å². The number of hydrogen-bond acceptors (Lipinski definition) is 3. The van der Waals surface area contributed by atoms with Gasteiger partial charge < -0.3 is 14.8 Å². The molecule has 0 spiro atoms. The summed E-state index contributed by atoms with van der Waals surface area (Å²) in [6, 6.07) is 9.76. The van der Waals surface area contributed by atoms with E-state index in [1.165, 1.54) is 4.90 Å². The summed E-state index contributed by atoms with van der Waals surface area (Å²) in [6.45, 7) is 2.28. The van der Waals surface area contributed by atoms with Gasteiger partial charge in [-0.3, -0.25) is 9.69 Å². The van der Waals surface area contributed by atoms with Crippen LogP contribution in [0.5, 0.6) is 0 Å². The smallest absolute Gasteiger partial charge is 0.408 e. The molecule has 2 amide bonds. The van der Waals surface area contributed by atoms with Crippen LogP contribution in [0.1, 0.15) is 57.4 Å². The van der Waals surface area contributed by atoms with Crippen LogP contribution in [0.3, 0.4) is 0 Å². The van der Waals surface area contributed by atoms with Crippen molar-refractivity contribution < 1.29 is 19.5 Å². The van der Waals surface area contributed by atoms with Crippen LogP contribution in [0.4, 0.5) is 4.79 Å². The lowest BCUT2D eigenvalue weighted by molar-refractivity contribution is -0.132. The molecule has 6 nitrogen and oxygen atoms in total. The van der Waals surface area contributed by atoms with Crippen molar-refractivity contribution >= 4 is 18.3 Å². The second kappa shape index (κ2) is 9.22. The lowest BCUT2D eigenvalue weighted by Crippen LogP contribution is -2.43. The van der Waals surface area contributed by atoms with E-state index in [9.17, 15) is 19.5 Å². The van der Waals surface area contributed by atoms with Gasteiger partial charge in [0.2, 0.25) is 5.91 Å². The van der Waals surface area contributed by atoms with Gasteiger partial charge in [-0.05, 0) is 56.4 Å². The van der Waals surface area contributed by atoms with Gasteiger partial charge in [0.25, 0.3) is 0 Å². The van der Waals surface area contributed by atoms with Crippen molar-refractivity contribution in [2.45, 2.75) is 76.5 Å². The average molecular weight is 386 g/mol. The van der Waals surface area contributed by atoms with E-state index in [0.717, 1.165) is 50.4 Å². The summed E-state index contributed by atoms with van der Waals surface area (Å²) in [7, 11) is 0. The maximum Gasteiger partial charge on any atom is 0.408 e. The quantitative estimate of drug-likeness (QED) is 0.756. The summed E-state index contributed by atoms with van der Waals surface area (Å²) in [5, 5.41) is 9.45. The predicted molar refractivity (Wildman–Crippen MR) is 106 cm³/mol. The van der Waals surface area contributed by atoms with Crippen molar-refractivity contribution in [1.82, 2.24) is 9.80 Å². The number of aldehydes is 1. The highest BCUT2D eigenvalue weighted by atomic mass is 16.4. The van der Waals surface area contributed by atoms with Gasteiger partial charge in [0.1, 0.15) is 6.29 Å². The first-order chi connectivity index (χ1) is 13.5. The molecule has 1 saturated carbocycles. The van der Waals surface area contributed by atoms with Crippen LogP contribution in [-0.4, -0.2) is 51.3 Å². The van der Waals surface area contributed by atoms with Crippen LogP contribution in [-0.2, 0) is 16.1 Å². The molecule has 0 unspecified atom stereocenters. The number of nitrogens with zero attached hydrogens (tertiary/aromatic N) is 2. The standard InChI is InChI=1S/C22H30N2O4/c1-16(26)23(14-18-5-3-2-4-6-18)19-9-7-17(8-10-19)13-20-11-12-21(15-25)24(20)22(27)28/h2-6,15,17,19-21H,7-14H2,1H3,(H,27,28)/t17?,19?,20-,21+/m0/s1. The molecule has 0 bridgehead atoms. The summed E-state index contributed by atoms with van der Waals surface area (Å²) in [6.07, 6.45) is 5.90. The number of carboxylic acid groups (broad SMARTS) is 1. The van der Waals surface area contributed by atoms with E-state index in [1.807, 2.05) is 35.2 Å². The maximum absolute atomic E-state index is 12.2. The second-order valence-electron chi connectivity index (χ2n) is 8.17. The highest BCUT2D eigenvalue weighted by molar-refractivity contribution is 5.74. The second-order valence-corrected chi connectivity index (χ2v) is 8.17. The molecular formula is C22H30N2O4. The highest BCUT2D eigenvalue weighted by Crippen LogP contribution is 2.35. The maximum atomic E-state index is 12.2. The third kappa shape index (κ3) is 4.72. The van der Waals surface area contributed by atoms with E-state index >= 15 is 0 Å². The van der Waals surface area contributed by atoms with Crippen LogP contribution in [0, 0.1) is 5.92 Å². The highest BCUT2D eigenvalue weighted by Gasteiger charge is 2.38. The number of benzene rings is 1. The van der Waals surface area contributed by atoms with E-state index in [-0.39, 0.29) is 18.0 Å². The third-order valence-corrected chi connectivity index (χ3v) is 6.39. The molecule has 0 aromatic heterocycles. The van der Waals surface area contributed by atoms with Crippen molar-refractivity contribution in [3.8, 4) is 0 Å². The Morgan fingerprint density at radius 1 is 1.11 bits per heavy atom. The van der Waals surface area contributed by atoms with Crippen LogP contribution < -0.4 is 0 Å².